The van der Waals surface area contributed by atoms with Gasteiger partial charge in [-0.2, -0.15) is 0 Å². The first-order chi connectivity index (χ1) is 11.6. The van der Waals surface area contributed by atoms with Crippen LogP contribution in [0, 0.1) is 0 Å². The molecule has 1 aromatic rings. The molecule has 0 amide bonds. The first-order valence-corrected chi connectivity index (χ1v) is 8.86. The van der Waals surface area contributed by atoms with E-state index in [4.69, 9.17) is 5.11 Å². The number of carboxylic acids is 1. The van der Waals surface area contributed by atoms with Crippen LogP contribution in [0.1, 0.15) is 18.9 Å². The van der Waals surface area contributed by atoms with E-state index >= 15 is 0 Å². The van der Waals surface area contributed by atoms with Crippen molar-refractivity contribution in [1.29, 1.82) is 0 Å². The fraction of sp³-hybridized carbons (Fsp3) is 0.429. The predicted octanol–water partition coefficient (Wildman–Crippen LogP) is 0.753. The quantitative estimate of drug-likeness (QED) is 0.223. The molecule has 0 aliphatic rings. The van der Waals surface area contributed by atoms with Gasteiger partial charge in [-0.05, 0) is 31.0 Å². The Hall–Kier alpha value is -2.13. The summed E-state index contributed by atoms with van der Waals surface area (Å²) < 4.78 is 21.2. The number of nitrogens with one attached hydrogen (secondary N) is 1. The Balaban J connectivity index is 2.66. The van der Waals surface area contributed by atoms with Crippen LogP contribution in [0.2, 0.25) is 0 Å². The summed E-state index contributed by atoms with van der Waals surface area (Å²) in [5, 5.41) is 29.8. The largest absolute Gasteiger partial charge is 0.504 e. The number of esters is 1. The molecule has 2 atom stereocenters. The van der Waals surface area contributed by atoms with Crippen molar-refractivity contribution >= 4 is 19.7 Å². The van der Waals surface area contributed by atoms with Gasteiger partial charge >= 0.3 is 19.7 Å². The van der Waals surface area contributed by atoms with Crippen molar-refractivity contribution in [2.45, 2.75) is 25.8 Å². The number of aromatic hydroxyl groups is 2. The molecule has 10 nitrogen and oxygen atoms in total. The molecule has 0 aromatic heterocycles. The fourth-order valence-corrected chi connectivity index (χ4v) is 2.85. The third-order valence-electron chi connectivity index (χ3n) is 2.97. The summed E-state index contributed by atoms with van der Waals surface area (Å²) in [7, 11) is -4.49. The Kier molecular flexibility index (Phi) is 7.85. The monoisotopic (exact) mass is 377 g/mol. The van der Waals surface area contributed by atoms with Gasteiger partial charge in [0, 0.05) is 0 Å². The Bertz CT molecular complexity index is 664. The highest BCUT2D eigenvalue weighted by molar-refractivity contribution is 7.50. The minimum absolute atomic E-state index is 0.161. The Morgan fingerprint density at radius 3 is 2.52 bits per heavy atom. The summed E-state index contributed by atoms with van der Waals surface area (Å²) >= 11 is 0. The number of ether oxygens (including phenoxy) is 1. The van der Waals surface area contributed by atoms with Crippen molar-refractivity contribution in [3.63, 3.8) is 0 Å². The number of carbonyl (C=O) groups excluding carboxylic acids is 1. The highest BCUT2D eigenvalue weighted by Gasteiger charge is 2.29. The van der Waals surface area contributed by atoms with E-state index in [0.717, 1.165) is 12.1 Å². The van der Waals surface area contributed by atoms with Gasteiger partial charge in [0.1, 0.15) is 6.04 Å². The molecule has 0 aliphatic heterocycles. The molecule has 25 heavy (non-hydrogen) atoms. The second-order valence-corrected chi connectivity index (χ2v) is 6.51. The zero-order valence-electron chi connectivity index (χ0n) is 13.4. The maximum atomic E-state index is 11.9. The minimum atomic E-state index is -4.49. The highest BCUT2D eigenvalue weighted by Crippen LogP contribution is 2.38. The van der Waals surface area contributed by atoms with E-state index in [0.29, 0.717) is 5.56 Å². The molecule has 0 saturated heterocycles. The molecule has 1 unspecified atom stereocenters. The lowest BCUT2D eigenvalue weighted by Crippen LogP contribution is -2.37. The Morgan fingerprint density at radius 1 is 1.28 bits per heavy atom. The second-order valence-electron chi connectivity index (χ2n) is 4.96. The number of rotatable bonds is 10. The topological polar surface area (TPSA) is 163 Å². The van der Waals surface area contributed by atoms with E-state index < -0.39 is 38.1 Å². The van der Waals surface area contributed by atoms with Gasteiger partial charge in [0.05, 0.1) is 19.6 Å². The SMILES string of the molecule is CCOC(=O)CCOP(=O)(O)N[C@@H](Cc1ccc(O)c(O)c1)C(=O)O. The fourth-order valence-electron chi connectivity index (χ4n) is 1.84. The number of phenols is 2. The summed E-state index contributed by atoms with van der Waals surface area (Å²) in [6.45, 7) is 1.34. The summed E-state index contributed by atoms with van der Waals surface area (Å²) in [6, 6.07) is 2.16. The molecule has 0 saturated carbocycles. The first-order valence-electron chi connectivity index (χ1n) is 7.29. The summed E-state index contributed by atoms with van der Waals surface area (Å²) in [6.07, 6.45) is -0.515. The van der Waals surface area contributed by atoms with E-state index in [2.05, 4.69) is 9.26 Å². The van der Waals surface area contributed by atoms with E-state index in [1.54, 1.807) is 6.92 Å². The van der Waals surface area contributed by atoms with Crippen molar-refractivity contribution in [2.24, 2.45) is 0 Å². The van der Waals surface area contributed by atoms with Gasteiger partial charge in [-0.25, -0.2) is 9.65 Å². The normalized spacial score (nSPS) is 14.5. The highest BCUT2D eigenvalue weighted by atomic mass is 31.2. The van der Waals surface area contributed by atoms with Crippen LogP contribution in [0.15, 0.2) is 18.2 Å². The maximum Gasteiger partial charge on any atom is 0.403 e. The molecule has 1 aromatic carbocycles. The molecule has 11 heteroatoms. The van der Waals surface area contributed by atoms with Crippen molar-refractivity contribution in [3.8, 4) is 11.5 Å². The maximum absolute atomic E-state index is 11.9. The lowest BCUT2D eigenvalue weighted by Gasteiger charge is -2.19. The molecule has 1 rings (SSSR count). The van der Waals surface area contributed by atoms with Gasteiger partial charge in [0.15, 0.2) is 11.5 Å². The second kappa shape index (κ2) is 9.38. The van der Waals surface area contributed by atoms with Crippen LogP contribution >= 0.6 is 7.75 Å². The molecule has 0 spiro atoms. The summed E-state index contributed by atoms with van der Waals surface area (Å²) in [5.41, 5.74) is 0.307. The first kappa shape index (κ1) is 20.9. The predicted molar refractivity (Wildman–Crippen MR) is 85.1 cm³/mol. The number of carboxylic acid groups (broad SMARTS) is 1. The van der Waals surface area contributed by atoms with E-state index in [-0.39, 0.29) is 25.2 Å². The van der Waals surface area contributed by atoms with Gasteiger partial charge in [-0.3, -0.25) is 14.1 Å². The smallest absolute Gasteiger partial charge is 0.403 e. The third kappa shape index (κ3) is 7.53. The lowest BCUT2D eigenvalue weighted by molar-refractivity contribution is -0.144. The van der Waals surface area contributed by atoms with Crippen LogP contribution in [-0.4, -0.2) is 51.4 Å². The number of aliphatic carboxylic acids is 1. The van der Waals surface area contributed by atoms with Crippen LogP contribution in [-0.2, 0) is 29.8 Å². The number of phenolic OH excluding ortho intramolecular Hbond substituents is 2. The zero-order valence-corrected chi connectivity index (χ0v) is 14.3. The van der Waals surface area contributed by atoms with Crippen LogP contribution in [0.3, 0.4) is 0 Å². The molecule has 0 aliphatic carbocycles. The number of benzene rings is 1. The average Bonchev–Trinajstić information content (AvgIpc) is 2.50. The van der Waals surface area contributed by atoms with Crippen molar-refractivity contribution in [2.75, 3.05) is 13.2 Å². The molecular weight excluding hydrogens is 357 g/mol. The Morgan fingerprint density at radius 2 is 1.96 bits per heavy atom. The summed E-state index contributed by atoms with van der Waals surface area (Å²) in [4.78, 5) is 32.1. The van der Waals surface area contributed by atoms with E-state index in [1.807, 2.05) is 5.09 Å². The third-order valence-corrected chi connectivity index (χ3v) is 4.15. The molecule has 140 valence electrons. The number of hydrogen-bond donors (Lipinski definition) is 5. The van der Waals surface area contributed by atoms with Gasteiger partial charge in [0.2, 0.25) is 0 Å². The molecule has 0 radical (unpaired) electrons. The lowest BCUT2D eigenvalue weighted by atomic mass is 10.1. The van der Waals surface area contributed by atoms with Gasteiger partial charge in [0.25, 0.3) is 0 Å². The van der Waals surface area contributed by atoms with Crippen molar-refractivity contribution in [1.82, 2.24) is 5.09 Å². The standard InChI is InChI=1S/C14H20NO9P/c1-2-23-13(18)5-6-24-25(21,22)15-10(14(19)20)7-9-3-4-11(16)12(17)8-9/h3-4,8,10,16-17H,2,5-7H2,1H3,(H,19,20)(H2,15,21,22)/t10-/m0/s1. The average molecular weight is 377 g/mol. The van der Waals surface area contributed by atoms with Crippen LogP contribution in [0.5, 0.6) is 11.5 Å². The minimum Gasteiger partial charge on any atom is -0.504 e. The van der Waals surface area contributed by atoms with Crippen LogP contribution < -0.4 is 5.09 Å². The van der Waals surface area contributed by atoms with Gasteiger partial charge < -0.3 is 24.9 Å². The number of hydrogen-bond acceptors (Lipinski definition) is 7. The zero-order chi connectivity index (χ0) is 19.0. The molecule has 5 N–H and O–H groups in total. The van der Waals surface area contributed by atoms with Crippen molar-refractivity contribution in [3.05, 3.63) is 23.8 Å². The Labute approximate surface area is 143 Å². The van der Waals surface area contributed by atoms with Gasteiger partial charge in [-0.1, -0.05) is 6.07 Å². The van der Waals surface area contributed by atoms with Crippen molar-refractivity contribution < 1.29 is 43.6 Å². The van der Waals surface area contributed by atoms with Crippen LogP contribution in [0.25, 0.3) is 0 Å². The van der Waals surface area contributed by atoms with Crippen LogP contribution in [0.4, 0.5) is 0 Å². The molecular formula is C14H20NO9P. The van der Waals surface area contributed by atoms with Gasteiger partial charge in [-0.15, -0.1) is 0 Å². The summed E-state index contributed by atoms with van der Waals surface area (Å²) in [5.74, 6) is -2.86. The molecule has 0 heterocycles. The van der Waals surface area contributed by atoms with E-state index in [1.165, 1.54) is 6.07 Å². The molecule has 0 bridgehead atoms. The number of carbonyl (C=O) groups is 2. The van der Waals surface area contributed by atoms with E-state index in [9.17, 15) is 29.3 Å². The molecule has 0 fully saturated rings.